The third-order valence-corrected chi connectivity index (χ3v) is 5.56. The maximum atomic E-state index is 11.4. The molecule has 0 N–H and O–H groups in total. The first kappa shape index (κ1) is 51.9. The average molecular weight is 627 g/mol. The topological polar surface area (TPSA) is 85.3 Å². The van der Waals surface area contributed by atoms with Crippen molar-refractivity contribution >= 4 is 28.9 Å². The van der Waals surface area contributed by atoms with E-state index in [1.807, 2.05) is 13.8 Å². The van der Waals surface area contributed by atoms with Gasteiger partial charge in [0.1, 0.15) is 28.9 Å². The first-order chi connectivity index (χ1) is 19.8. The lowest BCUT2D eigenvalue weighted by Crippen LogP contribution is -2.09. The van der Waals surface area contributed by atoms with Gasteiger partial charge in [-0.1, -0.05) is 96.9 Å². The van der Waals surface area contributed by atoms with Crippen LogP contribution >= 0.6 is 0 Å². The third kappa shape index (κ3) is 67.8. The van der Waals surface area contributed by atoms with Gasteiger partial charge >= 0.3 is 0 Å². The Balaban J connectivity index is -0.000000150. The van der Waals surface area contributed by atoms with E-state index in [1.54, 1.807) is 13.8 Å². The molecule has 5 heteroatoms. The number of rotatable bonds is 16. The van der Waals surface area contributed by atoms with Gasteiger partial charge in [0, 0.05) is 38.5 Å². The third-order valence-electron chi connectivity index (χ3n) is 5.56. The second kappa shape index (κ2) is 32.7. The molecule has 0 aromatic heterocycles. The Labute approximate surface area is 275 Å². The molecular formula is C39H78O5. The van der Waals surface area contributed by atoms with E-state index in [0.29, 0.717) is 64.7 Å². The van der Waals surface area contributed by atoms with Crippen molar-refractivity contribution in [1.82, 2.24) is 0 Å². The van der Waals surface area contributed by atoms with Gasteiger partial charge < -0.3 is 14.4 Å². The molecule has 0 bridgehead atoms. The zero-order chi connectivity index (χ0) is 36.2. The van der Waals surface area contributed by atoms with Crippen LogP contribution in [0.25, 0.3) is 0 Å². The summed E-state index contributed by atoms with van der Waals surface area (Å²) in [7, 11) is 0. The monoisotopic (exact) mass is 627 g/mol. The lowest BCUT2D eigenvalue weighted by atomic mass is 9.92. The van der Waals surface area contributed by atoms with Crippen molar-refractivity contribution in [2.24, 2.45) is 47.3 Å². The molecule has 0 aliphatic carbocycles. The average Bonchev–Trinajstić information content (AvgIpc) is 2.69. The second-order valence-corrected chi connectivity index (χ2v) is 15.7. The zero-order valence-corrected chi connectivity index (χ0v) is 32.8. The molecule has 0 saturated carbocycles. The molecule has 0 spiro atoms. The minimum Gasteiger partial charge on any atom is -0.300 e. The maximum Gasteiger partial charge on any atom is 0.133 e. The molecule has 0 heterocycles. The number of hydrogen-bond acceptors (Lipinski definition) is 5. The van der Waals surface area contributed by atoms with Gasteiger partial charge in [-0.3, -0.25) is 9.59 Å². The summed E-state index contributed by atoms with van der Waals surface area (Å²) in [5, 5.41) is 0. The molecule has 264 valence electrons. The highest BCUT2D eigenvalue weighted by molar-refractivity contribution is 5.79. The van der Waals surface area contributed by atoms with Crippen LogP contribution in [0.3, 0.4) is 0 Å². The van der Waals surface area contributed by atoms with E-state index >= 15 is 0 Å². The molecule has 5 nitrogen and oxygen atoms in total. The van der Waals surface area contributed by atoms with Gasteiger partial charge in [0.05, 0.1) is 0 Å². The van der Waals surface area contributed by atoms with Crippen molar-refractivity contribution < 1.29 is 24.0 Å². The minimum absolute atomic E-state index is 0.167. The van der Waals surface area contributed by atoms with E-state index in [4.69, 9.17) is 0 Å². The van der Waals surface area contributed by atoms with Crippen molar-refractivity contribution in [3.05, 3.63) is 0 Å². The van der Waals surface area contributed by atoms with Crippen LogP contribution in [0.1, 0.15) is 176 Å². The van der Waals surface area contributed by atoms with Crippen LogP contribution in [0.5, 0.6) is 0 Å². The Hall–Kier alpha value is -1.65. The van der Waals surface area contributed by atoms with Crippen LogP contribution < -0.4 is 0 Å². The fraction of sp³-hybridized carbons (Fsp3) is 0.872. The summed E-state index contributed by atoms with van der Waals surface area (Å²) in [6, 6.07) is 0. The molecule has 0 aromatic carbocycles. The first-order valence-electron chi connectivity index (χ1n) is 17.3. The predicted molar refractivity (Wildman–Crippen MR) is 192 cm³/mol. The summed E-state index contributed by atoms with van der Waals surface area (Å²) in [6.45, 7) is 36.1. The normalized spacial score (nSPS) is 11.8. The van der Waals surface area contributed by atoms with Crippen molar-refractivity contribution in [2.45, 2.75) is 176 Å². The van der Waals surface area contributed by atoms with E-state index < -0.39 is 0 Å². The number of ketones is 5. The highest BCUT2D eigenvalue weighted by atomic mass is 16.1. The number of hydrogen-bond donors (Lipinski definition) is 0. The molecule has 0 aliphatic rings. The molecular weight excluding hydrogens is 548 g/mol. The molecule has 0 amide bonds. The van der Waals surface area contributed by atoms with E-state index in [1.165, 1.54) is 26.7 Å². The molecule has 44 heavy (non-hydrogen) atoms. The van der Waals surface area contributed by atoms with Gasteiger partial charge in [-0.25, -0.2) is 0 Å². The van der Waals surface area contributed by atoms with E-state index in [2.05, 4.69) is 83.1 Å². The highest BCUT2D eigenvalue weighted by Crippen LogP contribution is 2.17. The summed E-state index contributed by atoms with van der Waals surface area (Å²) < 4.78 is 0. The predicted octanol–water partition coefficient (Wildman–Crippen LogP) is 11.2. The summed E-state index contributed by atoms with van der Waals surface area (Å²) >= 11 is 0. The molecule has 0 radical (unpaired) electrons. The molecule has 0 saturated heterocycles. The fourth-order valence-electron chi connectivity index (χ4n) is 4.76. The smallest absolute Gasteiger partial charge is 0.133 e. The molecule has 0 aliphatic heterocycles. The SMILES string of the molecule is CC(=O)CC(C)C.CC(=O)CC(C)CC(C)C.CC(C)=O.CC(C)CC(=O)CC(C)C.CC(C)CC(=O)CC(C)CC(C)C. The van der Waals surface area contributed by atoms with E-state index in [9.17, 15) is 24.0 Å². The second-order valence-electron chi connectivity index (χ2n) is 15.7. The summed E-state index contributed by atoms with van der Waals surface area (Å²) in [5.41, 5.74) is 0. The van der Waals surface area contributed by atoms with Crippen LogP contribution in [0.4, 0.5) is 0 Å². The minimum atomic E-state index is 0.167. The van der Waals surface area contributed by atoms with Crippen LogP contribution in [-0.2, 0) is 24.0 Å². The lowest BCUT2D eigenvalue weighted by Gasteiger charge is -2.13. The quantitative estimate of drug-likeness (QED) is 0.170. The molecule has 2 atom stereocenters. The van der Waals surface area contributed by atoms with Gasteiger partial charge in [-0.15, -0.1) is 0 Å². The van der Waals surface area contributed by atoms with Gasteiger partial charge in [0.25, 0.3) is 0 Å². The summed E-state index contributed by atoms with van der Waals surface area (Å²) in [6.07, 6.45) is 6.83. The van der Waals surface area contributed by atoms with Crippen LogP contribution in [-0.4, -0.2) is 28.9 Å². The molecule has 2 unspecified atom stereocenters. The standard InChI is InChI=1S/C12H24O.2C9H18O.C6H12O.C3H6O/c1-9(2)6-11(5)8-12(13)7-10(3)4;1-7(2)5-8(3)6-9(4)10;1-7(2)5-9(10)6-8(3)4;1-5(2)4-6(3)7;1-3(2)4/h9-11H,6-8H2,1-5H3;2*7-8H,5-6H2,1-4H3;5H,4H2,1-3H3;1-2H3. The lowest BCUT2D eigenvalue weighted by molar-refractivity contribution is -0.121. The Kier molecular flexibility index (Phi) is 38.6. The first-order valence-corrected chi connectivity index (χ1v) is 17.3. The van der Waals surface area contributed by atoms with Crippen LogP contribution in [0, 0.1) is 47.3 Å². The van der Waals surface area contributed by atoms with E-state index in [-0.39, 0.29) is 11.6 Å². The van der Waals surface area contributed by atoms with Crippen molar-refractivity contribution in [2.75, 3.05) is 0 Å². The Bertz CT molecular complexity index is 713. The number of carbonyl (C=O) groups is 5. The zero-order valence-electron chi connectivity index (χ0n) is 32.8. The fourth-order valence-corrected chi connectivity index (χ4v) is 4.76. The van der Waals surface area contributed by atoms with Gasteiger partial charge in [-0.2, -0.15) is 0 Å². The highest BCUT2D eigenvalue weighted by Gasteiger charge is 2.12. The Morgan fingerprint density at radius 1 is 0.341 bits per heavy atom. The van der Waals surface area contributed by atoms with Crippen molar-refractivity contribution in [3.8, 4) is 0 Å². The van der Waals surface area contributed by atoms with Gasteiger partial charge in [-0.05, 0) is 87.9 Å². The molecule has 0 rings (SSSR count). The van der Waals surface area contributed by atoms with Crippen molar-refractivity contribution in [1.29, 1.82) is 0 Å². The number of Topliss-reactive ketones (excluding diaryl/α,β-unsaturated/α-hetero) is 5. The van der Waals surface area contributed by atoms with Gasteiger partial charge in [0.15, 0.2) is 0 Å². The van der Waals surface area contributed by atoms with Crippen LogP contribution in [0.15, 0.2) is 0 Å². The maximum absolute atomic E-state index is 11.4. The van der Waals surface area contributed by atoms with E-state index in [0.717, 1.165) is 38.5 Å². The van der Waals surface area contributed by atoms with Crippen molar-refractivity contribution in [3.63, 3.8) is 0 Å². The molecule has 0 fully saturated rings. The summed E-state index contributed by atoms with van der Waals surface area (Å²) in [4.78, 5) is 52.8. The summed E-state index contributed by atoms with van der Waals surface area (Å²) in [5.74, 6) is 6.24. The van der Waals surface area contributed by atoms with Gasteiger partial charge in [0.2, 0.25) is 0 Å². The Morgan fingerprint density at radius 3 is 0.750 bits per heavy atom. The number of carbonyl (C=O) groups excluding carboxylic acids is 5. The largest absolute Gasteiger partial charge is 0.300 e. The van der Waals surface area contributed by atoms with Crippen LogP contribution in [0.2, 0.25) is 0 Å². The molecule has 0 aromatic rings. The Morgan fingerprint density at radius 2 is 0.568 bits per heavy atom.